The fourth-order valence-corrected chi connectivity index (χ4v) is 3.15. The number of hydrogen-bond acceptors (Lipinski definition) is 4. The molecule has 0 fully saturated rings. The number of nitrogens with zero attached hydrogens (tertiary/aromatic N) is 2. The van der Waals surface area contributed by atoms with Gasteiger partial charge in [-0.25, -0.2) is 0 Å². The molecule has 26 heavy (non-hydrogen) atoms. The standard InChI is InChI=1S/C19H15Cl2N3OS/c1-12-15(21)3-2-4-16(12)22-18(25)11-26-19-10-9-17(23-24-19)13-5-7-14(20)8-6-13/h2-10H,11H2,1H3,(H,22,25). The molecule has 0 saturated carbocycles. The van der Waals surface area contributed by atoms with E-state index < -0.39 is 0 Å². The molecule has 0 bridgehead atoms. The predicted octanol–water partition coefficient (Wildman–Crippen LogP) is 5.49. The van der Waals surface area contributed by atoms with E-state index in [1.165, 1.54) is 11.8 Å². The summed E-state index contributed by atoms with van der Waals surface area (Å²) in [6.07, 6.45) is 0. The third-order valence-electron chi connectivity index (χ3n) is 3.67. The third kappa shape index (κ3) is 4.75. The van der Waals surface area contributed by atoms with Gasteiger partial charge in [-0.2, -0.15) is 0 Å². The van der Waals surface area contributed by atoms with E-state index in [0.717, 1.165) is 16.8 Å². The van der Waals surface area contributed by atoms with Gasteiger partial charge in [0.05, 0.1) is 11.4 Å². The molecule has 0 spiro atoms. The Morgan fingerprint density at radius 2 is 1.81 bits per heavy atom. The van der Waals surface area contributed by atoms with Gasteiger partial charge in [-0.1, -0.05) is 53.2 Å². The molecule has 0 aliphatic rings. The highest BCUT2D eigenvalue weighted by Crippen LogP contribution is 2.24. The van der Waals surface area contributed by atoms with Gasteiger partial charge < -0.3 is 5.32 Å². The topological polar surface area (TPSA) is 54.9 Å². The molecule has 1 aromatic heterocycles. The molecule has 0 radical (unpaired) electrons. The van der Waals surface area contributed by atoms with Crippen molar-refractivity contribution < 1.29 is 4.79 Å². The van der Waals surface area contributed by atoms with Gasteiger partial charge in [0, 0.05) is 21.3 Å². The van der Waals surface area contributed by atoms with Crippen LogP contribution in [0.2, 0.25) is 10.0 Å². The number of benzene rings is 2. The number of halogens is 2. The first-order valence-electron chi connectivity index (χ1n) is 7.80. The summed E-state index contributed by atoms with van der Waals surface area (Å²) in [6, 6.07) is 16.5. The van der Waals surface area contributed by atoms with E-state index in [4.69, 9.17) is 23.2 Å². The summed E-state index contributed by atoms with van der Waals surface area (Å²) in [4.78, 5) is 12.1. The van der Waals surface area contributed by atoms with Crippen molar-refractivity contribution in [2.45, 2.75) is 11.9 Å². The van der Waals surface area contributed by atoms with Gasteiger partial charge in [-0.05, 0) is 48.9 Å². The number of carbonyl (C=O) groups excluding carboxylic acids is 1. The SMILES string of the molecule is Cc1c(Cl)cccc1NC(=O)CSc1ccc(-c2ccc(Cl)cc2)nn1. The second-order valence-electron chi connectivity index (χ2n) is 5.51. The third-order valence-corrected chi connectivity index (χ3v) is 5.25. The van der Waals surface area contributed by atoms with E-state index in [9.17, 15) is 4.79 Å². The zero-order valence-electron chi connectivity index (χ0n) is 13.9. The lowest BCUT2D eigenvalue weighted by atomic mass is 10.1. The molecule has 132 valence electrons. The van der Waals surface area contributed by atoms with E-state index in [1.807, 2.05) is 49.4 Å². The van der Waals surface area contributed by atoms with Gasteiger partial charge in [0.2, 0.25) is 5.91 Å². The Hall–Kier alpha value is -2.08. The van der Waals surface area contributed by atoms with Gasteiger partial charge in [0.25, 0.3) is 0 Å². The molecule has 1 heterocycles. The van der Waals surface area contributed by atoms with Crippen LogP contribution in [-0.4, -0.2) is 21.9 Å². The minimum atomic E-state index is -0.121. The van der Waals surface area contributed by atoms with Crippen LogP contribution in [0.5, 0.6) is 0 Å². The maximum Gasteiger partial charge on any atom is 0.234 e. The number of thioether (sulfide) groups is 1. The van der Waals surface area contributed by atoms with Crippen LogP contribution in [0.4, 0.5) is 5.69 Å². The highest BCUT2D eigenvalue weighted by atomic mass is 35.5. The van der Waals surface area contributed by atoms with Gasteiger partial charge in [-0.15, -0.1) is 10.2 Å². The Labute approximate surface area is 165 Å². The van der Waals surface area contributed by atoms with E-state index in [-0.39, 0.29) is 11.7 Å². The fraction of sp³-hybridized carbons (Fsp3) is 0.105. The molecule has 0 saturated heterocycles. The van der Waals surface area contributed by atoms with Crippen molar-refractivity contribution in [3.63, 3.8) is 0 Å². The van der Waals surface area contributed by atoms with Crippen LogP contribution in [0.25, 0.3) is 11.3 Å². The average molecular weight is 404 g/mol. The number of rotatable bonds is 5. The van der Waals surface area contributed by atoms with Crippen LogP contribution in [0, 0.1) is 6.92 Å². The second kappa shape index (κ2) is 8.54. The van der Waals surface area contributed by atoms with Gasteiger partial charge >= 0.3 is 0 Å². The molecule has 0 atom stereocenters. The van der Waals surface area contributed by atoms with E-state index in [1.54, 1.807) is 12.1 Å². The maximum atomic E-state index is 12.1. The highest BCUT2D eigenvalue weighted by molar-refractivity contribution is 7.99. The zero-order valence-corrected chi connectivity index (χ0v) is 16.2. The van der Waals surface area contributed by atoms with Crippen molar-refractivity contribution >= 4 is 46.6 Å². The van der Waals surface area contributed by atoms with Crippen molar-refractivity contribution in [3.05, 3.63) is 70.2 Å². The van der Waals surface area contributed by atoms with Crippen molar-refractivity contribution in [1.29, 1.82) is 0 Å². The molecular formula is C19H15Cl2N3OS. The number of anilines is 1. The molecule has 0 unspecified atom stereocenters. The molecular weight excluding hydrogens is 389 g/mol. The van der Waals surface area contributed by atoms with Crippen molar-refractivity contribution in [1.82, 2.24) is 10.2 Å². The Kier molecular flexibility index (Phi) is 6.14. The minimum absolute atomic E-state index is 0.121. The van der Waals surface area contributed by atoms with Gasteiger partial charge in [-0.3, -0.25) is 4.79 Å². The molecule has 0 aliphatic carbocycles. The van der Waals surface area contributed by atoms with Crippen molar-refractivity contribution in [2.75, 3.05) is 11.1 Å². The molecule has 1 N–H and O–H groups in total. The molecule has 1 amide bonds. The second-order valence-corrected chi connectivity index (χ2v) is 7.35. The monoisotopic (exact) mass is 403 g/mol. The first-order chi connectivity index (χ1) is 12.5. The van der Waals surface area contributed by atoms with Crippen molar-refractivity contribution in [2.24, 2.45) is 0 Å². The van der Waals surface area contributed by atoms with Crippen LogP contribution in [0.3, 0.4) is 0 Å². The summed E-state index contributed by atoms with van der Waals surface area (Å²) in [7, 11) is 0. The number of hydrogen-bond donors (Lipinski definition) is 1. The maximum absolute atomic E-state index is 12.1. The van der Waals surface area contributed by atoms with Crippen LogP contribution < -0.4 is 5.32 Å². The molecule has 7 heteroatoms. The Bertz CT molecular complexity index is 915. The van der Waals surface area contributed by atoms with Crippen molar-refractivity contribution in [3.8, 4) is 11.3 Å². The lowest BCUT2D eigenvalue weighted by Crippen LogP contribution is -2.15. The lowest BCUT2D eigenvalue weighted by Gasteiger charge is -2.09. The summed E-state index contributed by atoms with van der Waals surface area (Å²) in [5, 5.41) is 13.2. The Morgan fingerprint density at radius 1 is 1.04 bits per heavy atom. The predicted molar refractivity (Wildman–Crippen MR) is 108 cm³/mol. The van der Waals surface area contributed by atoms with Crippen LogP contribution in [0.1, 0.15) is 5.56 Å². The van der Waals surface area contributed by atoms with Crippen LogP contribution in [-0.2, 0) is 4.79 Å². The number of aromatic nitrogens is 2. The fourth-order valence-electron chi connectivity index (χ4n) is 2.24. The van der Waals surface area contributed by atoms with Crippen LogP contribution >= 0.6 is 35.0 Å². The summed E-state index contributed by atoms with van der Waals surface area (Å²) in [5.41, 5.74) is 3.25. The van der Waals surface area contributed by atoms with E-state index >= 15 is 0 Å². The zero-order chi connectivity index (χ0) is 18.5. The quantitative estimate of drug-likeness (QED) is 0.572. The first-order valence-corrected chi connectivity index (χ1v) is 9.54. The normalized spacial score (nSPS) is 10.6. The molecule has 0 aliphatic heterocycles. The van der Waals surface area contributed by atoms with Gasteiger partial charge in [0.1, 0.15) is 5.03 Å². The molecule has 3 aromatic rings. The Balaban J connectivity index is 1.58. The first kappa shape index (κ1) is 18.7. The van der Waals surface area contributed by atoms with E-state index in [2.05, 4.69) is 15.5 Å². The smallest absolute Gasteiger partial charge is 0.234 e. The number of amides is 1. The summed E-state index contributed by atoms with van der Waals surface area (Å²) in [5.74, 6) is 0.116. The average Bonchev–Trinajstić information content (AvgIpc) is 2.65. The highest BCUT2D eigenvalue weighted by Gasteiger charge is 2.09. The van der Waals surface area contributed by atoms with Gasteiger partial charge in [0.15, 0.2) is 0 Å². The summed E-state index contributed by atoms with van der Waals surface area (Å²) >= 11 is 13.3. The van der Waals surface area contributed by atoms with Crippen LogP contribution in [0.15, 0.2) is 59.6 Å². The summed E-state index contributed by atoms with van der Waals surface area (Å²) in [6.45, 7) is 1.87. The largest absolute Gasteiger partial charge is 0.325 e. The molecule has 3 rings (SSSR count). The summed E-state index contributed by atoms with van der Waals surface area (Å²) < 4.78 is 0. The molecule has 2 aromatic carbocycles. The molecule has 4 nitrogen and oxygen atoms in total. The number of nitrogens with one attached hydrogen (secondary N) is 1. The number of carbonyl (C=O) groups is 1. The van der Waals surface area contributed by atoms with E-state index in [0.29, 0.717) is 20.8 Å². The Morgan fingerprint density at radius 3 is 2.50 bits per heavy atom. The minimum Gasteiger partial charge on any atom is -0.325 e. The lowest BCUT2D eigenvalue weighted by molar-refractivity contribution is -0.113.